The van der Waals surface area contributed by atoms with Gasteiger partial charge in [0.15, 0.2) is 12.2 Å². The lowest BCUT2D eigenvalue weighted by Gasteiger charge is -2.21. The van der Waals surface area contributed by atoms with Crippen LogP contribution in [0.1, 0.15) is 388 Å². The number of ether oxygens (including phenoxy) is 4. The van der Waals surface area contributed by atoms with Crippen molar-refractivity contribution in [3.05, 3.63) is 0 Å². The molecule has 17 nitrogen and oxygen atoms in total. The van der Waals surface area contributed by atoms with Gasteiger partial charge in [0.05, 0.1) is 26.4 Å². The Morgan fingerprint density at radius 1 is 0.309 bits per heavy atom. The first-order chi connectivity index (χ1) is 45.4. The van der Waals surface area contributed by atoms with Crippen molar-refractivity contribution < 1.29 is 80.2 Å². The van der Waals surface area contributed by atoms with Crippen LogP contribution in [0.15, 0.2) is 0 Å². The van der Waals surface area contributed by atoms with Gasteiger partial charge in [-0.25, -0.2) is 9.13 Å². The minimum Gasteiger partial charge on any atom is -0.462 e. The van der Waals surface area contributed by atoms with Gasteiger partial charge >= 0.3 is 39.5 Å². The monoisotopic (exact) mass is 1380 g/mol. The van der Waals surface area contributed by atoms with Crippen LogP contribution in [0.2, 0.25) is 0 Å². The number of aliphatic hydroxyl groups is 1. The van der Waals surface area contributed by atoms with Crippen LogP contribution in [0.4, 0.5) is 0 Å². The van der Waals surface area contributed by atoms with E-state index in [4.69, 9.17) is 37.0 Å². The Kier molecular flexibility index (Phi) is 65.5. The second-order valence-corrected chi connectivity index (χ2v) is 30.7. The van der Waals surface area contributed by atoms with Crippen molar-refractivity contribution in [2.45, 2.75) is 407 Å². The molecule has 0 heterocycles. The molecule has 0 aromatic rings. The summed E-state index contributed by atoms with van der Waals surface area (Å²) in [6.07, 6.45) is 54.2. The number of carbonyl (C=O) groups is 4. The molecule has 0 saturated carbocycles. The highest BCUT2D eigenvalue weighted by molar-refractivity contribution is 7.47. The van der Waals surface area contributed by atoms with E-state index in [0.717, 1.165) is 102 Å². The zero-order valence-electron chi connectivity index (χ0n) is 61.3. The van der Waals surface area contributed by atoms with Crippen LogP contribution < -0.4 is 0 Å². The molecule has 0 rings (SSSR count). The quantitative estimate of drug-likeness (QED) is 0.0222. The third-order valence-electron chi connectivity index (χ3n) is 17.8. The summed E-state index contributed by atoms with van der Waals surface area (Å²) in [6, 6.07) is 0. The molecule has 0 bridgehead atoms. The minimum absolute atomic E-state index is 0.106. The zero-order chi connectivity index (χ0) is 69.3. The number of carbonyl (C=O) groups excluding carboxylic acids is 4. The topological polar surface area (TPSA) is 237 Å². The number of esters is 4. The highest BCUT2D eigenvalue weighted by Gasteiger charge is 2.30. The van der Waals surface area contributed by atoms with Gasteiger partial charge in [0.25, 0.3) is 0 Å². The molecule has 0 aromatic carbocycles. The Morgan fingerprint density at radius 3 is 0.809 bits per heavy atom. The first kappa shape index (κ1) is 92.1. The molecule has 3 unspecified atom stereocenters. The third-order valence-corrected chi connectivity index (χ3v) is 19.7. The Hall–Kier alpha value is -1.94. The van der Waals surface area contributed by atoms with Gasteiger partial charge < -0.3 is 33.8 Å². The second kappa shape index (κ2) is 66.9. The molecule has 0 saturated heterocycles. The average molecular weight is 1380 g/mol. The van der Waals surface area contributed by atoms with Crippen molar-refractivity contribution in [3.8, 4) is 0 Å². The van der Waals surface area contributed by atoms with Gasteiger partial charge in [-0.05, 0) is 37.5 Å². The summed E-state index contributed by atoms with van der Waals surface area (Å²) in [5.74, 6) is -0.542. The third kappa shape index (κ3) is 67.3. The molecule has 0 aliphatic carbocycles. The van der Waals surface area contributed by atoms with E-state index in [0.29, 0.717) is 31.6 Å². The Labute approximate surface area is 575 Å². The molecule has 0 radical (unpaired) electrons. The summed E-state index contributed by atoms with van der Waals surface area (Å²) in [6.45, 7) is 9.59. The van der Waals surface area contributed by atoms with Crippen molar-refractivity contribution >= 4 is 39.5 Å². The van der Waals surface area contributed by atoms with Gasteiger partial charge in [-0.2, -0.15) is 0 Å². The lowest BCUT2D eigenvalue weighted by molar-refractivity contribution is -0.161. The van der Waals surface area contributed by atoms with E-state index in [1.165, 1.54) is 199 Å². The number of rotatable bonds is 74. The van der Waals surface area contributed by atoms with Crippen LogP contribution in [-0.2, 0) is 65.4 Å². The van der Waals surface area contributed by atoms with Gasteiger partial charge in [0, 0.05) is 25.7 Å². The number of hydrogen-bond donors (Lipinski definition) is 3. The van der Waals surface area contributed by atoms with Crippen molar-refractivity contribution in [1.82, 2.24) is 0 Å². The molecule has 0 aliphatic rings. The number of phosphoric ester groups is 2. The summed E-state index contributed by atoms with van der Waals surface area (Å²) in [5.41, 5.74) is 0. The fraction of sp³-hybridized carbons (Fsp3) is 0.947. The number of phosphoric acid groups is 2. The van der Waals surface area contributed by atoms with Crippen molar-refractivity contribution in [2.75, 3.05) is 39.6 Å². The van der Waals surface area contributed by atoms with E-state index >= 15 is 0 Å². The van der Waals surface area contributed by atoms with Gasteiger partial charge in [0.2, 0.25) is 0 Å². The van der Waals surface area contributed by atoms with E-state index in [9.17, 15) is 43.2 Å². The smallest absolute Gasteiger partial charge is 0.462 e. The zero-order valence-corrected chi connectivity index (χ0v) is 63.1. The lowest BCUT2D eigenvalue weighted by atomic mass is 9.99. The molecule has 6 atom stereocenters. The van der Waals surface area contributed by atoms with Gasteiger partial charge in [-0.1, -0.05) is 337 Å². The highest BCUT2D eigenvalue weighted by Crippen LogP contribution is 2.45. The summed E-state index contributed by atoms with van der Waals surface area (Å²) in [5, 5.41) is 10.6. The molecule has 0 spiro atoms. The van der Waals surface area contributed by atoms with E-state index < -0.39 is 97.5 Å². The van der Waals surface area contributed by atoms with Gasteiger partial charge in [-0.15, -0.1) is 0 Å². The lowest BCUT2D eigenvalue weighted by Crippen LogP contribution is -2.30. The van der Waals surface area contributed by atoms with Crippen LogP contribution in [-0.4, -0.2) is 96.7 Å². The largest absolute Gasteiger partial charge is 0.472 e. The summed E-state index contributed by atoms with van der Waals surface area (Å²) in [7, 11) is -9.90. The van der Waals surface area contributed by atoms with Crippen LogP contribution in [0.3, 0.4) is 0 Å². The van der Waals surface area contributed by atoms with Gasteiger partial charge in [0.1, 0.15) is 19.3 Å². The van der Waals surface area contributed by atoms with Crippen LogP contribution >= 0.6 is 15.6 Å². The SMILES string of the molecule is CCCCCCCCCCCCCC(=O)OC[C@H](COP(=O)(O)OC[C@@H](O)COP(=O)(O)OC[C@@H](COC(=O)CCCCCCCCCC(C)C)OC(=O)CCCCCCCCCCCCC)OC(=O)CCCCCCCCCCCCCCCCCCCCC(C)CC. The molecular weight excluding hydrogens is 1230 g/mol. The van der Waals surface area contributed by atoms with Crippen molar-refractivity contribution in [1.29, 1.82) is 0 Å². The van der Waals surface area contributed by atoms with E-state index in [1.807, 2.05) is 0 Å². The number of hydrogen-bond acceptors (Lipinski definition) is 15. The number of unbranched alkanes of at least 4 members (excludes halogenated alkanes) is 43. The predicted molar refractivity (Wildman–Crippen MR) is 381 cm³/mol. The van der Waals surface area contributed by atoms with E-state index in [-0.39, 0.29) is 25.7 Å². The molecular formula is C75H146O17P2. The van der Waals surface area contributed by atoms with Crippen LogP contribution in [0.25, 0.3) is 0 Å². The van der Waals surface area contributed by atoms with E-state index in [1.54, 1.807) is 0 Å². The summed E-state index contributed by atoms with van der Waals surface area (Å²) >= 11 is 0. The standard InChI is InChI=1S/C75H146O17P2/c1-7-10-12-14-16-18-28-33-39-45-51-57-72(77)85-63-70(91-75(80)60-54-48-41-35-31-27-25-23-21-20-22-24-26-30-32-38-44-50-56-68(6)9-3)65-89-93(81,82)87-61-69(76)62-88-94(83,84)90-66-71(64-86-73(78)58-52-46-42-36-37-43-49-55-67(4)5)92-74(79)59-53-47-40-34-29-19-17-15-13-11-8-2/h67-71,76H,7-66H2,1-6H3,(H,81,82)(H,83,84)/t68?,69-,70-,71-/m1/s1. The first-order valence-electron chi connectivity index (χ1n) is 39.0. The highest BCUT2D eigenvalue weighted by atomic mass is 31.2. The molecule has 558 valence electrons. The molecule has 0 aliphatic heterocycles. The van der Waals surface area contributed by atoms with Crippen molar-refractivity contribution in [3.63, 3.8) is 0 Å². The first-order valence-corrected chi connectivity index (χ1v) is 42.0. The van der Waals surface area contributed by atoms with Gasteiger partial charge in [-0.3, -0.25) is 37.3 Å². The normalized spacial score (nSPS) is 14.3. The van der Waals surface area contributed by atoms with E-state index in [2.05, 4.69) is 41.5 Å². The minimum atomic E-state index is -4.95. The van der Waals surface area contributed by atoms with Crippen LogP contribution in [0.5, 0.6) is 0 Å². The maximum absolute atomic E-state index is 13.1. The fourth-order valence-corrected chi connectivity index (χ4v) is 13.0. The fourth-order valence-electron chi connectivity index (χ4n) is 11.4. The maximum Gasteiger partial charge on any atom is 0.472 e. The Bertz CT molecular complexity index is 1820. The molecule has 0 amide bonds. The molecule has 19 heteroatoms. The second-order valence-electron chi connectivity index (χ2n) is 27.8. The molecule has 0 aromatic heterocycles. The number of aliphatic hydroxyl groups excluding tert-OH is 1. The maximum atomic E-state index is 13.1. The van der Waals surface area contributed by atoms with Crippen molar-refractivity contribution in [2.24, 2.45) is 11.8 Å². The molecule has 94 heavy (non-hydrogen) atoms. The summed E-state index contributed by atoms with van der Waals surface area (Å²) in [4.78, 5) is 72.6. The predicted octanol–water partition coefficient (Wildman–Crippen LogP) is 21.9. The Morgan fingerprint density at radius 2 is 0.543 bits per heavy atom. The summed E-state index contributed by atoms with van der Waals surface area (Å²) < 4.78 is 68.4. The molecule has 0 fully saturated rings. The molecule has 3 N–H and O–H groups in total. The van der Waals surface area contributed by atoms with Crippen LogP contribution in [0, 0.1) is 11.8 Å². The Balaban J connectivity index is 5.16. The average Bonchev–Trinajstić information content (AvgIpc) is 1.33.